The Morgan fingerprint density at radius 1 is 1.30 bits per heavy atom. The zero-order valence-electron chi connectivity index (χ0n) is 16.4. The number of nitrogens with zero attached hydrogens (tertiary/aromatic N) is 3. The number of rotatable bonds is 5. The Morgan fingerprint density at radius 3 is 2.67 bits per heavy atom. The van der Waals surface area contributed by atoms with Crippen LogP contribution in [0.1, 0.15) is 73.3 Å². The lowest BCUT2D eigenvalue weighted by molar-refractivity contribution is -0.133. The molecule has 0 aromatic carbocycles. The van der Waals surface area contributed by atoms with E-state index in [1.54, 1.807) is 14.0 Å². The maximum atomic E-state index is 13.0. The second kappa shape index (κ2) is 7.70. The van der Waals surface area contributed by atoms with Crippen LogP contribution in [0.4, 0.5) is 0 Å². The third kappa shape index (κ3) is 3.70. The van der Waals surface area contributed by atoms with Crippen LogP contribution in [0.3, 0.4) is 0 Å². The molecule has 148 valence electrons. The molecule has 8 nitrogen and oxygen atoms in total. The first-order chi connectivity index (χ1) is 12.9. The van der Waals surface area contributed by atoms with E-state index < -0.39 is 5.54 Å². The Bertz CT molecular complexity index is 738. The molecule has 3 rings (SSSR count). The van der Waals surface area contributed by atoms with Crippen LogP contribution in [-0.2, 0) is 11.3 Å². The number of amides is 3. The highest BCUT2D eigenvalue weighted by Crippen LogP contribution is 2.27. The van der Waals surface area contributed by atoms with E-state index in [1.165, 1.54) is 22.1 Å². The van der Waals surface area contributed by atoms with Crippen molar-refractivity contribution in [1.29, 1.82) is 0 Å². The van der Waals surface area contributed by atoms with Gasteiger partial charge in [0.2, 0.25) is 5.91 Å². The molecule has 1 unspecified atom stereocenters. The molecule has 0 bridgehead atoms. The first-order valence-electron chi connectivity index (χ1n) is 9.82. The van der Waals surface area contributed by atoms with Crippen molar-refractivity contribution in [1.82, 2.24) is 25.3 Å². The number of hydrogen-bond donors (Lipinski definition) is 2. The smallest absolute Gasteiger partial charge is 0.272 e. The predicted octanol–water partition coefficient (Wildman–Crippen LogP) is 1.32. The summed E-state index contributed by atoms with van der Waals surface area (Å²) in [5.74, 6) is -0.768. The molecule has 1 aliphatic heterocycles. The highest BCUT2D eigenvalue weighted by atomic mass is 16.2. The van der Waals surface area contributed by atoms with Crippen molar-refractivity contribution < 1.29 is 14.4 Å². The Labute approximate surface area is 159 Å². The molecular weight excluding hydrogens is 346 g/mol. The van der Waals surface area contributed by atoms with E-state index in [2.05, 4.69) is 15.7 Å². The van der Waals surface area contributed by atoms with Gasteiger partial charge < -0.3 is 15.5 Å². The molecule has 2 N–H and O–H groups in total. The largest absolute Gasteiger partial charge is 0.351 e. The summed E-state index contributed by atoms with van der Waals surface area (Å²) in [6.07, 6.45) is 6.23. The fourth-order valence-electron chi connectivity index (χ4n) is 3.76. The third-order valence-electron chi connectivity index (χ3n) is 5.70. The molecule has 0 spiro atoms. The summed E-state index contributed by atoms with van der Waals surface area (Å²) >= 11 is 0. The van der Waals surface area contributed by atoms with Crippen LogP contribution in [-0.4, -0.2) is 57.6 Å². The summed E-state index contributed by atoms with van der Waals surface area (Å²) in [6.45, 7) is 4.50. The summed E-state index contributed by atoms with van der Waals surface area (Å²) in [5.41, 5.74) is -0.496. The average Bonchev–Trinajstić information content (AvgIpc) is 3.09. The van der Waals surface area contributed by atoms with Crippen LogP contribution >= 0.6 is 0 Å². The lowest BCUT2D eigenvalue weighted by Gasteiger charge is -2.41. The van der Waals surface area contributed by atoms with Gasteiger partial charge in [0.1, 0.15) is 11.2 Å². The SMILES string of the molecule is CCCNC(=O)c1cc2n(n1)CC(C)(C(=O)NC1CCCCC1)N(C)C2=O. The van der Waals surface area contributed by atoms with Crippen molar-refractivity contribution in [2.75, 3.05) is 13.6 Å². The van der Waals surface area contributed by atoms with E-state index in [1.807, 2.05) is 6.92 Å². The van der Waals surface area contributed by atoms with Crippen LogP contribution < -0.4 is 10.6 Å². The summed E-state index contributed by atoms with van der Waals surface area (Å²) < 4.78 is 1.49. The van der Waals surface area contributed by atoms with E-state index in [4.69, 9.17) is 0 Å². The molecule has 1 aromatic heterocycles. The molecule has 0 saturated heterocycles. The van der Waals surface area contributed by atoms with Gasteiger partial charge in [0.25, 0.3) is 11.8 Å². The first-order valence-corrected chi connectivity index (χ1v) is 9.82. The summed E-state index contributed by atoms with van der Waals surface area (Å²) in [7, 11) is 1.64. The maximum absolute atomic E-state index is 13.0. The quantitative estimate of drug-likeness (QED) is 0.811. The molecule has 1 aromatic rings. The normalized spacial score (nSPS) is 23.1. The highest BCUT2D eigenvalue weighted by molar-refractivity contribution is 6.01. The van der Waals surface area contributed by atoms with Gasteiger partial charge in [-0.15, -0.1) is 0 Å². The number of aromatic nitrogens is 2. The second-order valence-electron chi connectivity index (χ2n) is 7.77. The lowest BCUT2D eigenvalue weighted by Crippen LogP contribution is -2.63. The zero-order chi connectivity index (χ0) is 19.6. The van der Waals surface area contributed by atoms with Gasteiger partial charge >= 0.3 is 0 Å². The summed E-state index contributed by atoms with van der Waals surface area (Å²) in [4.78, 5) is 39.5. The van der Waals surface area contributed by atoms with Gasteiger partial charge in [-0.05, 0) is 26.2 Å². The van der Waals surface area contributed by atoms with Crippen LogP contribution in [0.5, 0.6) is 0 Å². The molecule has 1 fully saturated rings. The van der Waals surface area contributed by atoms with Gasteiger partial charge in [0.05, 0.1) is 6.54 Å². The average molecular weight is 375 g/mol. The molecule has 2 aliphatic rings. The van der Waals surface area contributed by atoms with Crippen LogP contribution in [0.2, 0.25) is 0 Å². The molecule has 1 saturated carbocycles. The molecular formula is C19H29N5O3. The van der Waals surface area contributed by atoms with Crippen molar-refractivity contribution in [3.63, 3.8) is 0 Å². The van der Waals surface area contributed by atoms with Gasteiger partial charge in [0.15, 0.2) is 5.69 Å². The number of nitrogens with one attached hydrogen (secondary N) is 2. The highest BCUT2D eigenvalue weighted by Gasteiger charge is 2.46. The van der Waals surface area contributed by atoms with E-state index in [-0.39, 0.29) is 36.0 Å². The first kappa shape index (κ1) is 19.4. The fourth-order valence-corrected chi connectivity index (χ4v) is 3.76. The second-order valence-corrected chi connectivity index (χ2v) is 7.77. The topological polar surface area (TPSA) is 96.3 Å². The minimum Gasteiger partial charge on any atom is -0.351 e. The number of fused-ring (bicyclic) bond motifs is 1. The minimum absolute atomic E-state index is 0.164. The third-order valence-corrected chi connectivity index (χ3v) is 5.70. The minimum atomic E-state index is -1.04. The monoisotopic (exact) mass is 375 g/mol. The van der Waals surface area contributed by atoms with Crippen LogP contribution in [0.15, 0.2) is 6.07 Å². The molecule has 3 amide bonds. The number of carbonyl (C=O) groups is 3. The molecule has 1 aliphatic carbocycles. The van der Waals surface area contributed by atoms with Crippen LogP contribution in [0, 0.1) is 0 Å². The predicted molar refractivity (Wildman–Crippen MR) is 100 cm³/mol. The van der Waals surface area contributed by atoms with Gasteiger partial charge in [-0.2, -0.15) is 5.10 Å². The standard InChI is InChI=1S/C19H29N5O3/c1-4-10-20-16(25)14-11-15-17(26)23(3)19(2,12-24(15)22-14)18(27)21-13-8-6-5-7-9-13/h11,13H,4-10,12H2,1-3H3,(H,20,25)(H,21,27). The Morgan fingerprint density at radius 2 is 2.00 bits per heavy atom. The van der Waals surface area contributed by atoms with E-state index in [0.717, 1.165) is 32.1 Å². The van der Waals surface area contributed by atoms with Gasteiger partial charge in [-0.25, -0.2) is 0 Å². The van der Waals surface area contributed by atoms with Gasteiger partial charge in [-0.1, -0.05) is 26.2 Å². The molecule has 0 radical (unpaired) electrons. The zero-order valence-corrected chi connectivity index (χ0v) is 16.4. The number of hydrogen-bond acceptors (Lipinski definition) is 4. The fraction of sp³-hybridized carbons (Fsp3) is 0.684. The van der Waals surface area contributed by atoms with E-state index in [0.29, 0.717) is 12.2 Å². The molecule has 2 heterocycles. The number of likely N-dealkylation sites (N-methyl/N-ethyl adjacent to an activating group) is 1. The molecule has 27 heavy (non-hydrogen) atoms. The molecule has 1 atom stereocenters. The van der Waals surface area contributed by atoms with Crippen molar-refractivity contribution in [3.05, 3.63) is 17.5 Å². The van der Waals surface area contributed by atoms with Crippen molar-refractivity contribution in [3.8, 4) is 0 Å². The Hall–Kier alpha value is -2.38. The van der Waals surface area contributed by atoms with Gasteiger partial charge in [0, 0.05) is 25.7 Å². The number of carbonyl (C=O) groups excluding carboxylic acids is 3. The molecule has 8 heteroatoms. The van der Waals surface area contributed by atoms with Gasteiger partial charge in [-0.3, -0.25) is 19.1 Å². The Kier molecular flexibility index (Phi) is 5.53. The van der Waals surface area contributed by atoms with Crippen molar-refractivity contribution in [2.45, 2.75) is 70.5 Å². The van der Waals surface area contributed by atoms with Crippen LogP contribution in [0.25, 0.3) is 0 Å². The van der Waals surface area contributed by atoms with E-state index >= 15 is 0 Å². The van der Waals surface area contributed by atoms with Crippen molar-refractivity contribution in [2.24, 2.45) is 0 Å². The van der Waals surface area contributed by atoms with Crippen molar-refractivity contribution >= 4 is 17.7 Å². The maximum Gasteiger partial charge on any atom is 0.272 e. The summed E-state index contributed by atoms with van der Waals surface area (Å²) in [5, 5.41) is 10.2. The summed E-state index contributed by atoms with van der Waals surface area (Å²) in [6, 6.07) is 1.67. The lowest BCUT2D eigenvalue weighted by atomic mass is 9.92. The Balaban J connectivity index is 1.79. The van der Waals surface area contributed by atoms with E-state index in [9.17, 15) is 14.4 Å².